The summed E-state index contributed by atoms with van der Waals surface area (Å²) in [5, 5.41) is 17.7. The molecule has 1 amide bonds. The third-order valence-corrected chi connectivity index (χ3v) is 2.96. The average molecular weight is 219 g/mol. The fourth-order valence-corrected chi connectivity index (χ4v) is 1.95. The Hall–Kier alpha value is -1.33. The van der Waals surface area contributed by atoms with Crippen LogP contribution in [-0.2, 0) is 4.79 Å². The van der Waals surface area contributed by atoms with Crippen molar-refractivity contribution in [3.63, 3.8) is 0 Å². The van der Waals surface area contributed by atoms with Gasteiger partial charge in [-0.1, -0.05) is 6.92 Å². The number of alkyl halides is 1. The van der Waals surface area contributed by atoms with Crippen molar-refractivity contribution in [2.45, 2.75) is 25.9 Å². The smallest absolute Gasteiger partial charge is 0.407 e. The first-order chi connectivity index (χ1) is 6.94. The minimum Gasteiger partial charge on any atom is -0.481 e. The maximum Gasteiger partial charge on any atom is 0.407 e. The molecule has 15 heavy (non-hydrogen) atoms. The molecule has 2 atom stereocenters. The molecule has 2 unspecified atom stereocenters. The second kappa shape index (κ2) is 4.04. The predicted molar refractivity (Wildman–Crippen MR) is 49.5 cm³/mol. The number of halogens is 1. The Morgan fingerprint density at radius 1 is 1.53 bits per heavy atom. The molecule has 0 saturated carbocycles. The normalized spacial score (nSPS) is 27.7. The van der Waals surface area contributed by atoms with E-state index in [-0.39, 0.29) is 25.9 Å². The summed E-state index contributed by atoms with van der Waals surface area (Å²) >= 11 is 0. The Bertz CT molecular complexity index is 283. The number of carboxylic acids is 1. The van der Waals surface area contributed by atoms with Crippen LogP contribution < -0.4 is 0 Å². The van der Waals surface area contributed by atoms with Gasteiger partial charge in [-0.05, 0) is 12.8 Å². The lowest BCUT2D eigenvalue weighted by Crippen LogP contribution is -2.43. The molecule has 1 saturated heterocycles. The van der Waals surface area contributed by atoms with Crippen molar-refractivity contribution >= 4 is 12.1 Å². The number of carboxylic acid groups (broad SMARTS) is 2. The highest BCUT2D eigenvalue weighted by Crippen LogP contribution is 2.37. The number of likely N-dealkylation sites (tertiary alicyclic amines) is 1. The van der Waals surface area contributed by atoms with Gasteiger partial charge in [0, 0.05) is 13.1 Å². The van der Waals surface area contributed by atoms with Crippen molar-refractivity contribution in [2.24, 2.45) is 5.41 Å². The molecular formula is C9H14FNO4. The molecule has 1 rings (SSSR count). The van der Waals surface area contributed by atoms with E-state index in [0.717, 1.165) is 4.90 Å². The molecule has 2 N–H and O–H groups in total. The lowest BCUT2D eigenvalue weighted by molar-refractivity contribution is -0.152. The molecule has 0 aliphatic carbocycles. The molecule has 0 radical (unpaired) electrons. The molecule has 0 bridgehead atoms. The third kappa shape index (κ3) is 1.88. The van der Waals surface area contributed by atoms with Crippen LogP contribution in [0.25, 0.3) is 0 Å². The molecule has 1 aliphatic rings. The lowest BCUT2D eigenvalue weighted by Gasteiger charge is -2.26. The third-order valence-electron chi connectivity index (χ3n) is 2.96. The minimum atomic E-state index is -1.55. The van der Waals surface area contributed by atoms with Crippen molar-refractivity contribution in [3.05, 3.63) is 0 Å². The molecule has 1 heterocycles. The van der Waals surface area contributed by atoms with Crippen molar-refractivity contribution in [3.8, 4) is 0 Å². The maximum absolute atomic E-state index is 13.6. The van der Waals surface area contributed by atoms with Gasteiger partial charge in [-0.3, -0.25) is 4.79 Å². The van der Waals surface area contributed by atoms with Gasteiger partial charge >= 0.3 is 12.1 Å². The first kappa shape index (κ1) is 11.7. The van der Waals surface area contributed by atoms with Gasteiger partial charge in [0.15, 0.2) is 0 Å². The largest absolute Gasteiger partial charge is 0.481 e. The van der Waals surface area contributed by atoms with Gasteiger partial charge in [0.2, 0.25) is 0 Å². The number of aliphatic carboxylic acids is 1. The van der Waals surface area contributed by atoms with Crippen molar-refractivity contribution < 1.29 is 24.2 Å². The Labute approximate surface area is 86.5 Å². The molecule has 0 aromatic carbocycles. The van der Waals surface area contributed by atoms with Gasteiger partial charge in [-0.25, -0.2) is 9.18 Å². The van der Waals surface area contributed by atoms with E-state index in [9.17, 15) is 14.0 Å². The second-order valence-electron chi connectivity index (χ2n) is 3.79. The number of nitrogens with zero attached hydrogens (tertiary/aromatic N) is 1. The number of amides is 1. The quantitative estimate of drug-likeness (QED) is 0.747. The van der Waals surface area contributed by atoms with Crippen LogP contribution in [0.3, 0.4) is 0 Å². The Morgan fingerprint density at radius 3 is 2.47 bits per heavy atom. The molecule has 0 spiro atoms. The van der Waals surface area contributed by atoms with E-state index in [1.807, 2.05) is 0 Å². The second-order valence-corrected chi connectivity index (χ2v) is 3.79. The SMILES string of the molecule is CCC(F)C1(C(=O)O)CCN(C(=O)O)C1. The van der Waals surface area contributed by atoms with Gasteiger partial charge in [-0.15, -0.1) is 0 Å². The van der Waals surface area contributed by atoms with Gasteiger partial charge in [-0.2, -0.15) is 0 Å². The van der Waals surface area contributed by atoms with E-state index in [0.29, 0.717) is 0 Å². The summed E-state index contributed by atoms with van der Waals surface area (Å²) < 4.78 is 13.6. The summed E-state index contributed by atoms with van der Waals surface area (Å²) in [5.74, 6) is -1.25. The van der Waals surface area contributed by atoms with Crippen LogP contribution >= 0.6 is 0 Å². The van der Waals surface area contributed by atoms with Crippen LogP contribution in [0, 0.1) is 5.41 Å². The topological polar surface area (TPSA) is 77.8 Å². The average Bonchev–Trinajstić information content (AvgIpc) is 2.62. The molecule has 0 aromatic heterocycles. The van der Waals surface area contributed by atoms with E-state index < -0.39 is 23.6 Å². The highest BCUT2D eigenvalue weighted by Gasteiger charge is 2.51. The van der Waals surface area contributed by atoms with E-state index in [2.05, 4.69) is 0 Å². The zero-order valence-electron chi connectivity index (χ0n) is 8.44. The van der Waals surface area contributed by atoms with E-state index >= 15 is 0 Å². The summed E-state index contributed by atoms with van der Waals surface area (Å²) in [5.41, 5.74) is -1.55. The predicted octanol–water partition coefficient (Wildman–Crippen LogP) is 1.19. The van der Waals surface area contributed by atoms with Crippen LogP contribution in [0.5, 0.6) is 0 Å². The Balaban J connectivity index is 2.87. The summed E-state index contributed by atoms with van der Waals surface area (Å²) in [7, 11) is 0. The summed E-state index contributed by atoms with van der Waals surface area (Å²) in [6.45, 7) is 1.38. The molecular weight excluding hydrogens is 205 g/mol. The van der Waals surface area contributed by atoms with E-state index in [1.54, 1.807) is 6.92 Å². The van der Waals surface area contributed by atoms with Crippen LogP contribution in [0.15, 0.2) is 0 Å². The summed E-state index contributed by atoms with van der Waals surface area (Å²) in [6, 6.07) is 0. The van der Waals surface area contributed by atoms with Crippen molar-refractivity contribution in [1.82, 2.24) is 4.90 Å². The van der Waals surface area contributed by atoms with Crippen LogP contribution in [-0.4, -0.2) is 46.4 Å². The maximum atomic E-state index is 13.6. The monoisotopic (exact) mass is 219 g/mol. The zero-order valence-corrected chi connectivity index (χ0v) is 8.44. The van der Waals surface area contributed by atoms with Crippen LogP contribution in [0.4, 0.5) is 9.18 Å². The van der Waals surface area contributed by atoms with Crippen molar-refractivity contribution in [1.29, 1.82) is 0 Å². The fourth-order valence-electron chi connectivity index (χ4n) is 1.95. The molecule has 86 valence electrons. The molecule has 6 heteroatoms. The molecule has 5 nitrogen and oxygen atoms in total. The fraction of sp³-hybridized carbons (Fsp3) is 0.778. The Morgan fingerprint density at radius 2 is 2.13 bits per heavy atom. The number of hydrogen-bond donors (Lipinski definition) is 2. The number of carbonyl (C=O) groups is 2. The number of rotatable bonds is 3. The van der Waals surface area contributed by atoms with Gasteiger partial charge in [0.1, 0.15) is 11.6 Å². The van der Waals surface area contributed by atoms with Crippen LogP contribution in [0.1, 0.15) is 19.8 Å². The summed E-state index contributed by atoms with van der Waals surface area (Å²) in [6.07, 6.45) is -2.57. The highest BCUT2D eigenvalue weighted by molar-refractivity contribution is 5.78. The van der Waals surface area contributed by atoms with E-state index in [4.69, 9.17) is 10.2 Å². The van der Waals surface area contributed by atoms with Gasteiger partial charge in [0.25, 0.3) is 0 Å². The van der Waals surface area contributed by atoms with Gasteiger partial charge in [0.05, 0.1) is 0 Å². The molecule has 1 fully saturated rings. The van der Waals surface area contributed by atoms with Crippen LogP contribution in [0.2, 0.25) is 0 Å². The number of hydrogen-bond acceptors (Lipinski definition) is 2. The Kier molecular flexibility index (Phi) is 3.16. The van der Waals surface area contributed by atoms with E-state index in [1.165, 1.54) is 0 Å². The molecule has 0 aromatic rings. The zero-order chi connectivity index (χ0) is 11.6. The standard InChI is InChI=1S/C9H14FNO4/c1-2-6(10)9(7(12)13)3-4-11(5-9)8(14)15/h6H,2-5H2,1H3,(H,12,13)(H,14,15). The van der Waals surface area contributed by atoms with Gasteiger partial charge < -0.3 is 15.1 Å². The summed E-state index contributed by atoms with van der Waals surface area (Å²) in [4.78, 5) is 22.6. The first-order valence-electron chi connectivity index (χ1n) is 4.79. The molecule has 1 aliphatic heterocycles. The lowest BCUT2D eigenvalue weighted by atomic mass is 9.81. The minimum absolute atomic E-state index is 0.0453. The first-order valence-corrected chi connectivity index (χ1v) is 4.79. The highest BCUT2D eigenvalue weighted by atomic mass is 19.1. The van der Waals surface area contributed by atoms with Crippen molar-refractivity contribution in [2.75, 3.05) is 13.1 Å².